The molecule has 0 aliphatic heterocycles. The Morgan fingerprint density at radius 3 is 2.29 bits per heavy atom. The predicted octanol–water partition coefficient (Wildman–Crippen LogP) is 4.45. The van der Waals surface area contributed by atoms with Gasteiger partial charge in [-0.1, -0.05) is 78.3 Å². The van der Waals surface area contributed by atoms with Gasteiger partial charge in [0.25, 0.3) is 0 Å². The Labute approximate surface area is 125 Å². The number of rotatable bonds is 1. The van der Waals surface area contributed by atoms with Crippen molar-refractivity contribution in [2.24, 2.45) is 0 Å². The van der Waals surface area contributed by atoms with Crippen molar-refractivity contribution in [1.82, 2.24) is 0 Å². The Morgan fingerprint density at radius 2 is 1.38 bits per heavy atom. The van der Waals surface area contributed by atoms with Crippen molar-refractivity contribution in [2.75, 3.05) is 0 Å². The third-order valence-electron chi connectivity index (χ3n) is 3.96. The molecule has 0 aliphatic rings. The van der Waals surface area contributed by atoms with Gasteiger partial charge in [0.2, 0.25) is 0 Å². The van der Waals surface area contributed by atoms with Crippen LogP contribution in [0.4, 0.5) is 0 Å². The van der Waals surface area contributed by atoms with Crippen LogP contribution < -0.4 is 5.46 Å². The van der Waals surface area contributed by atoms with Crippen LogP contribution in [0.5, 0.6) is 0 Å². The van der Waals surface area contributed by atoms with Crippen LogP contribution in [0.2, 0.25) is 0 Å². The molecule has 0 amide bonds. The molecule has 0 fully saturated rings. The minimum absolute atomic E-state index is 0.804. The highest BCUT2D eigenvalue weighted by Crippen LogP contribution is 2.30. The van der Waals surface area contributed by atoms with Crippen LogP contribution in [0.1, 0.15) is 0 Å². The Balaban J connectivity index is 1.99. The second-order valence-corrected chi connectivity index (χ2v) is 5.35. The zero-order valence-electron chi connectivity index (χ0n) is 11.6. The van der Waals surface area contributed by atoms with Crippen LogP contribution >= 0.6 is 0 Å². The van der Waals surface area contributed by atoms with Crippen molar-refractivity contribution in [3.63, 3.8) is 0 Å². The van der Waals surface area contributed by atoms with Gasteiger partial charge < -0.3 is 0 Å². The van der Waals surface area contributed by atoms with Crippen LogP contribution in [0.15, 0.2) is 78.9 Å². The molecule has 0 spiro atoms. The first-order valence-electron chi connectivity index (χ1n) is 7.09. The minimum Gasteiger partial charge on any atom is -0.0960 e. The molecule has 4 aromatic rings. The molecular weight excluding hydrogens is 251 g/mol. The van der Waals surface area contributed by atoms with E-state index in [1.54, 1.807) is 0 Å². The quantitative estimate of drug-likeness (QED) is 0.445. The van der Waals surface area contributed by atoms with Crippen LogP contribution in [0.3, 0.4) is 0 Å². The summed E-state index contributed by atoms with van der Waals surface area (Å²) in [4.78, 5) is 0. The largest absolute Gasteiger partial charge is 0.113 e. The molecular formula is C20H13B. The van der Waals surface area contributed by atoms with E-state index in [-0.39, 0.29) is 0 Å². The third kappa shape index (κ3) is 2.11. The highest BCUT2D eigenvalue weighted by atomic mass is 14.1. The molecule has 0 N–H and O–H groups in total. The summed E-state index contributed by atoms with van der Waals surface area (Å²) < 4.78 is 0. The van der Waals surface area contributed by atoms with Gasteiger partial charge >= 0.3 is 0 Å². The fourth-order valence-corrected chi connectivity index (χ4v) is 2.91. The standard InChI is InChI=1S/C20H13B/c21-18-10-11-20-16(13-18)6-3-7-19(20)17-9-8-14-4-1-2-5-15(14)12-17/h1-13H. The molecule has 4 rings (SSSR count). The lowest BCUT2D eigenvalue weighted by atomic mass is 9.90. The summed E-state index contributed by atoms with van der Waals surface area (Å²) in [5.41, 5.74) is 3.29. The zero-order chi connectivity index (χ0) is 14.2. The monoisotopic (exact) mass is 264 g/mol. The number of benzene rings is 4. The molecule has 0 heterocycles. The highest BCUT2D eigenvalue weighted by molar-refractivity contribution is 6.33. The molecule has 0 aromatic heterocycles. The summed E-state index contributed by atoms with van der Waals surface area (Å²) in [5, 5.41) is 4.95. The minimum atomic E-state index is 0.804. The van der Waals surface area contributed by atoms with E-state index in [1.807, 2.05) is 12.1 Å². The zero-order valence-corrected chi connectivity index (χ0v) is 11.6. The van der Waals surface area contributed by atoms with Gasteiger partial charge in [-0.15, -0.1) is 0 Å². The van der Waals surface area contributed by atoms with Gasteiger partial charge in [-0.2, -0.15) is 0 Å². The summed E-state index contributed by atoms with van der Waals surface area (Å²) in [6.07, 6.45) is 0. The van der Waals surface area contributed by atoms with Crippen molar-refractivity contribution in [3.05, 3.63) is 78.9 Å². The molecule has 4 aromatic carbocycles. The topological polar surface area (TPSA) is 0 Å². The number of hydrogen-bond acceptors (Lipinski definition) is 0. The van der Waals surface area contributed by atoms with E-state index < -0.39 is 0 Å². The van der Waals surface area contributed by atoms with Crippen LogP contribution in [-0.4, -0.2) is 7.85 Å². The summed E-state index contributed by atoms with van der Waals surface area (Å²) in [6, 6.07) is 27.5. The second-order valence-electron chi connectivity index (χ2n) is 5.35. The van der Waals surface area contributed by atoms with E-state index in [1.165, 1.54) is 32.7 Å². The van der Waals surface area contributed by atoms with Gasteiger partial charge in [0.1, 0.15) is 7.85 Å². The van der Waals surface area contributed by atoms with Gasteiger partial charge in [-0.3, -0.25) is 0 Å². The fourth-order valence-electron chi connectivity index (χ4n) is 2.91. The van der Waals surface area contributed by atoms with Gasteiger partial charge in [-0.05, 0) is 38.7 Å². The highest BCUT2D eigenvalue weighted by Gasteiger charge is 2.04. The van der Waals surface area contributed by atoms with Gasteiger partial charge in [0, 0.05) is 0 Å². The van der Waals surface area contributed by atoms with E-state index in [4.69, 9.17) is 7.85 Å². The Hall–Kier alpha value is -2.54. The van der Waals surface area contributed by atoms with Crippen LogP contribution in [-0.2, 0) is 0 Å². The second kappa shape index (κ2) is 4.78. The molecule has 0 aliphatic carbocycles. The molecule has 0 atom stereocenters. The first-order chi connectivity index (χ1) is 10.3. The summed E-state index contributed by atoms with van der Waals surface area (Å²) in [6.45, 7) is 0. The number of fused-ring (bicyclic) bond motifs is 2. The Morgan fingerprint density at radius 1 is 0.571 bits per heavy atom. The maximum atomic E-state index is 5.89. The molecule has 0 nitrogen and oxygen atoms in total. The molecule has 0 unspecified atom stereocenters. The smallest absolute Gasteiger partial charge is 0.0960 e. The van der Waals surface area contributed by atoms with Crippen molar-refractivity contribution >= 4 is 34.9 Å². The Bertz CT molecular complexity index is 954. The molecule has 0 saturated heterocycles. The summed E-state index contributed by atoms with van der Waals surface area (Å²) in [5.74, 6) is 0. The predicted molar refractivity (Wildman–Crippen MR) is 92.3 cm³/mol. The molecule has 0 bridgehead atoms. The van der Waals surface area contributed by atoms with E-state index in [0.29, 0.717) is 0 Å². The first-order valence-corrected chi connectivity index (χ1v) is 7.09. The Kier molecular flexibility index (Phi) is 2.78. The van der Waals surface area contributed by atoms with Crippen molar-refractivity contribution in [2.45, 2.75) is 0 Å². The normalized spacial score (nSPS) is 11.0. The van der Waals surface area contributed by atoms with E-state index >= 15 is 0 Å². The lowest BCUT2D eigenvalue weighted by Crippen LogP contribution is -1.99. The molecule has 0 saturated carbocycles. The molecule has 21 heavy (non-hydrogen) atoms. The molecule has 1 heteroatoms. The van der Waals surface area contributed by atoms with Gasteiger partial charge in [0.15, 0.2) is 0 Å². The SMILES string of the molecule is [B]c1ccc2c(-c3ccc4ccccc4c3)cccc2c1. The van der Waals surface area contributed by atoms with Crippen LogP contribution in [0, 0.1) is 0 Å². The van der Waals surface area contributed by atoms with E-state index in [2.05, 4.69) is 66.7 Å². The lowest BCUT2D eigenvalue weighted by Gasteiger charge is -2.09. The van der Waals surface area contributed by atoms with Crippen molar-refractivity contribution in [3.8, 4) is 11.1 Å². The molecule has 96 valence electrons. The maximum absolute atomic E-state index is 5.89. The average molecular weight is 264 g/mol. The average Bonchev–Trinajstić information content (AvgIpc) is 2.53. The molecule has 2 radical (unpaired) electrons. The summed E-state index contributed by atoms with van der Waals surface area (Å²) in [7, 11) is 5.89. The first kappa shape index (κ1) is 12.2. The van der Waals surface area contributed by atoms with Crippen molar-refractivity contribution < 1.29 is 0 Å². The fraction of sp³-hybridized carbons (Fsp3) is 0. The third-order valence-corrected chi connectivity index (χ3v) is 3.96. The van der Waals surface area contributed by atoms with Gasteiger partial charge in [-0.25, -0.2) is 0 Å². The van der Waals surface area contributed by atoms with E-state index in [0.717, 1.165) is 5.46 Å². The van der Waals surface area contributed by atoms with Crippen molar-refractivity contribution in [1.29, 1.82) is 0 Å². The van der Waals surface area contributed by atoms with E-state index in [9.17, 15) is 0 Å². The lowest BCUT2D eigenvalue weighted by molar-refractivity contribution is 1.69. The van der Waals surface area contributed by atoms with Crippen LogP contribution in [0.25, 0.3) is 32.7 Å². The number of hydrogen-bond donors (Lipinski definition) is 0. The maximum Gasteiger partial charge on any atom is 0.113 e. The van der Waals surface area contributed by atoms with Gasteiger partial charge in [0.05, 0.1) is 0 Å². The summed E-state index contributed by atoms with van der Waals surface area (Å²) >= 11 is 0.